The number of allylic oxidation sites excluding steroid dienone is 3. The van der Waals surface area contributed by atoms with Crippen LogP contribution >= 0.6 is 0 Å². The van der Waals surface area contributed by atoms with Gasteiger partial charge < -0.3 is 10.1 Å². The molecule has 2 heteroatoms. The van der Waals surface area contributed by atoms with Gasteiger partial charge in [0.2, 0.25) is 0 Å². The molecule has 13 heavy (non-hydrogen) atoms. The van der Waals surface area contributed by atoms with Crippen molar-refractivity contribution >= 4 is 0 Å². The molecule has 0 aromatic rings. The highest BCUT2D eigenvalue weighted by Crippen LogP contribution is 2.11. The Kier molecular flexibility index (Phi) is 3.62. The molecule has 0 saturated carbocycles. The van der Waals surface area contributed by atoms with Gasteiger partial charge in [0.25, 0.3) is 0 Å². The number of rotatable bonds is 3. The fourth-order valence-corrected chi connectivity index (χ4v) is 1.11. The summed E-state index contributed by atoms with van der Waals surface area (Å²) in [6.07, 6.45) is 5.94. The van der Waals surface area contributed by atoms with E-state index in [1.807, 2.05) is 0 Å². The van der Waals surface area contributed by atoms with Crippen molar-refractivity contribution in [2.75, 3.05) is 13.2 Å². The van der Waals surface area contributed by atoms with Crippen molar-refractivity contribution in [3.63, 3.8) is 0 Å². The van der Waals surface area contributed by atoms with Gasteiger partial charge in [-0.2, -0.15) is 0 Å². The van der Waals surface area contributed by atoms with E-state index in [0.717, 1.165) is 24.6 Å². The summed E-state index contributed by atoms with van der Waals surface area (Å²) < 4.78 is 5.42. The molecule has 0 fully saturated rings. The first-order valence-electron chi connectivity index (χ1n) is 4.65. The Bertz CT molecular complexity index is 238. The summed E-state index contributed by atoms with van der Waals surface area (Å²) >= 11 is 0. The summed E-state index contributed by atoms with van der Waals surface area (Å²) in [4.78, 5) is 0. The van der Waals surface area contributed by atoms with E-state index < -0.39 is 0 Å². The first-order chi connectivity index (χ1) is 6.24. The van der Waals surface area contributed by atoms with Crippen LogP contribution in [0.3, 0.4) is 0 Å². The van der Waals surface area contributed by atoms with Crippen LogP contribution in [0.2, 0.25) is 0 Å². The first-order valence-corrected chi connectivity index (χ1v) is 4.65. The molecule has 0 saturated heterocycles. The second-order valence-electron chi connectivity index (χ2n) is 3.36. The van der Waals surface area contributed by atoms with Crippen molar-refractivity contribution in [3.05, 3.63) is 36.3 Å². The Hall–Kier alpha value is -1.18. The minimum absolute atomic E-state index is 0.558. The fraction of sp³-hybridized carbons (Fsp3) is 0.455. The average Bonchev–Trinajstić information content (AvgIpc) is 2.15. The van der Waals surface area contributed by atoms with Crippen LogP contribution in [0, 0.1) is 5.92 Å². The molecular formula is C11H17NO. The minimum atomic E-state index is 0.558. The maximum absolute atomic E-state index is 5.42. The number of ether oxygens (including phenoxy) is 1. The molecule has 0 amide bonds. The van der Waals surface area contributed by atoms with Crippen LogP contribution in [0.5, 0.6) is 0 Å². The van der Waals surface area contributed by atoms with Crippen molar-refractivity contribution in [1.29, 1.82) is 0 Å². The highest BCUT2D eigenvalue weighted by atomic mass is 16.5. The Morgan fingerprint density at radius 3 is 2.92 bits per heavy atom. The van der Waals surface area contributed by atoms with E-state index in [2.05, 4.69) is 37.9 Å². The van der Waals surface area contributed by atoms with Gasteiger partial charge in [-0.3, -0.25) is 0 Å². The predicted molar refractivity (Wildman–Crippen MR) is 55.2 cm³/mol. The molecule has 0 aromatic heterocycles. The Morgan fingerprint density at radius 2 is 2.31 bits per heavy atom. The molecule has 0 unspecified atom stereocenters. The number of nitrogens with one attached hydrogen (secondary N) is 1. The smallest absolute Gasteiger partial charge is 0.141 e. The Balaban J connectivity index is 2.73. The topological polar surface area (TPSA) is 21.3 Å². The summed E-state index contributed by atoms with van der Waals surface area (Å²) in [5.41, 5.74) is 1.04. The molecule has 0 aliphatic carbocycles. The molecule has 1 aliphatic heterocycles. The highest BCUT2D eigenvalue weighted by molar-refractivity contribution is 5.28. The van der Waals surface area contributed by atoms with Gasteiger partial charge in [0.15, 0.2) is 0 Å². The van der Waals surface area contributed by atoms with Gasteiger partial charge in [0, 0.05) is 6.54 Å². The van der Waals surface area contributed by atoms with Crippen LogP contribution in [0.4, 0.5) is 0 Å². The van der Waals surface area contributed by atoms with Gasteiger partial charge in [-0.25, -0.2) is 0 Å². The molecule has 2 nitrogen and oxygen atoms in total. The van der Waals surface area contributed by atoms with Crippen molar-refractivity contribution in [2.24, 2.45) is 5.92 Å². The molecule has 1 N–H and O–H groups in total. The van der Waals surface area contributed by atoms with E-state index in [9.17, 15) is 0 Å². The number of hydrogen-bond donors (Lipinski definition) is 1. The molecule has 0 radical (unpaired) electrons. The molecule has 1 rings (SSSR count). The monoisotopic (exact) mass is 179 g/mol. The molecule has 0 atom stereocenters. The molecular weight excluding hydrogens is 162 g/mol. The maximum Gasteiger partial charge on any atom is 0.141 e. The quantitative estimate of drug-likeness (QED) is 0.717. The first kappa shape index (κ1) is 9.90. The van der Waals surface area contributed by atoms with Gasteiger partial charge >= 0.3 is 0 Å². The van der Waals surface area contributed by atoms with Crippen LogP contribution in [-0.4, -0.2) is 13.2 Å². The van der Waals surface area contributed by atoms with E-state index in [0.29, 0.717) is 5.92 Å². The van der Waals surface area contributed by atoms with E-state index in [1.165, 1.54) is 0 Å². The lowest BCUT2D eigenvalue weighted by atomic mass is 10.2. The zero-order valence-corrected chi connectivity index (χ0v) is 8.34. The van der Waals surface area contributed by atoms with Crippen molar-refractivity contribution in [2.45, 2.75) is 13.8 Å². The Labute approximate surface area is 80.0 Å². The van der Waals surface area contributed by atoms with Crippen LogP contribution in [-0.2, 0) is 4.74 Å². The van der Waals surface area contributed by atoms with Crippen molar-refractivity contribution in [1.82, 2.24) is 5.32 Å². The standard InChI is InChI=1S/C11H17NO/c1-4-11-10(6-5-9(2)3)12-7-8-13-11/h4-6,9,12H,1,7-8H2,2-3H3/b6-5-. The minimum Gasteiger partial charge on any atom is -0.490 e. The third-order valence-electron chi connectivity index (χ3n) is 1.77. The third-order valence-corrected chi connectivity index (χ3v) is 1.77. The van der Waals surface area contributed by atoms with Crippen LogP contribution < -0.4 is 5.32 Å². The van der Waals surface area contributed by atoms with E-state index in [1.54, 1.807) is 6.08 Å². The largest absolute Gasteiger partial charge is 0.490 e. The zero-order chi connectivity index (χ0) is 9.68. The lowest BCUT2D eigenvalue weighted by Gasteiger charge is -2.18. The SMILES string of the molecule is C=CC1=C(/C=C\C(C)C)NCCO1. The van der Waals surface area contributed by atoms with E-state index >= 15 is 0 Å². The highest BCUT2D eigenvalue weighted by Gasteiger charge is 2.07. The normalized spacial score (nSPS) is 17.5. The lowest BCUT2D eigenvalue weighted by Crippen LogP contribution is -2.25. The molecule has 1 aliphatic rings. The third kappa shape index (κ3) is 2.98. The fourth-order valence-electron chi connectivity index (χ4n) is 1.11. The molecule has 0 bridgehead atoms. The van der Waals surface area contributed by atoms with Gasteiger partial charge in [0.05, 0.1) is 5.70 Å². The summed E-state index contributed by atoms with van der Waals surface area (Å²) in [5, 5.41) is 3.27. The molecule has 0 spiro atoms. The van der Waals surface area contributed by atoms with Crippen molar-refractivity contribution < 1.29 is 4.74 Å². The predicted octanol–water partition coefficient (Wildman–Crippen LogP) is 2.22. The van der Waals surface area contributed by atoms with E-state index in [4.69, 9.17) is 4.74 Å². The second kappa shape index (κ2) is 4.75. The average molecular weight is 179 g/mol. The lowest BCUT2D eigenvalue weighted by molar-refractivity contribution is 0.206. The number of hydrogen-bond acceptors (Lipinski definition) is 2. The molecule has 0 aromatic carbocycles. The van der Waals surface area contributed by atoms with Crippen molar-refractivity contribution in [3.8, 4) is 0 Å². The van der Waals surface area contributed by atoms with Gasteiger partial charge in [-0.15, -0.1) is 0 Å². The van der Waals surface area contributed by atoms with Crippen LogP contribution in [0.1, 0.15) is 13.8 Å². The van der Waals surface area contributed by atoms with Crippen LogP contribution in [0.15, 0.2) is 36.3 Å². The zero-order valence-electron chi connectivity index (χ0n) is 8.34. The van der Waals surface area contributed by atoms with Gasteiger partial charge in [-0.05, 0) is 18.1 Å². The summed E-state index contributed by atoms with van der Waals surface area (Å²) in [6.45, 7) is 9.59. The van der Waals surface area contributed by atoms with Gasteiger partial charge in [0.1, 0.15) is 12.4 Å². The second-order valence-corrected chi connectivity index (χ2v) is 3.36. The van der Waals surface area contributed by atoms with Crippen LogP contribution in [0.25, 0.3) is 0 Å². The van der Waals surface area contributed by atoms with E-state index in [-0.39, 0.29) is 0 Å². The molecule has 72 valence electrons. The summed E-state index contributed by atoms with van der Waals surface area (Å²) in [5.74, 6) is 1.41. The maximum atomic E-state index is 5.42. The Morgan fingerprint density at radius 1 is 1.54 bits per heavy atom. The summed E-state index contributed by atoms with van der Waals surface area (Å²) in [6, 6.07) is 0. The van der Waals surface area contributed by atoms with Gasteiger partial charge in [-0.1, -0.05) is 26.5 Å². The molecule has 1 heterocycles. The summed E-state index contributed by atoms with van der Waals surface area (Å²) in [7, 11) is 0.